The fourth-order valence-electron chi connectivity index (χ4n) is 6.71. The second-order valence-electron chi connectivity index (χ2n) is 11.7. The number of methoxy groups -OCH3 is 1. The van der Waals surface area contributed by atoms with E-state index in [1.54, 1.807) is 10.6 Å². The van der Waals surface area contributed by atoms with Crippen molar-refractivity contribution >= 4 is 29.0 Å². The van der Waals surface area contributed by atoms with E-state index in [-0.39, 0.29) is 66.1 Å². The molecule has 3 aromatic heterocycles. The predicted molar refractivity (Wildman–Crippen MR) is 151 cm³/mol. The second-order valence-corrected chi connectivity index (χ2v) is 11.7. The highest BCUT2D eigenvalue weighted by Crippen LogP contribution is 2.65. The smallest absolute Gasteiger partial charge is 0.416 e. The molecule has 3 fully saturated rings. The number of carbonyl (C=O) groups is 2. The number of hydrogen-bond acceptors (Lipinski definition) is 7. The second kappa shape index (κ2) is 10.1. The van der Waals surface area contributed by atoms with E-state index in [0.29, 0.717) is 11.9 Å². The van der Waals surface area contributed by atoms with E-state index >= 15 is 13.2 Å². The lowest BCUT2D eigenvalue weighted by atomic mass is 9.89. The Labute approximate surface area is 256 Å². The van der Waals surface area contributed by atoms with Gasteiger partial charge in [-0.1, -0.05) is 0 Å². The number of imidazole rings is 1. The van der Waals surface area contributed by atoms with Crippen LogP contribution in [0.15, 0.2) is 42.9 Å². The van der Waals surface area contributed by atoms with Crippen molar-refractivity contribution in [3.8, 4) is 17.0 Å². The van der Waals surface area contributed by atoms with Gasteiger partial charge in [-0.15, -0.1) is 0 Å². The Balaban J connectivity index is 1.25. The fraction of sp³-hybridized carbons (Fsp3) is 0.367. The maximum absolute atomic E-state index is 15.9. The fourth-order valence-corrected chi connectivity index (χ4v) is 6.71. The highest BCUT2D eigenvalue weighted by Gasteiger charge is 2.77. The SMILES string of the molecule is COc1cc(C(=O)Nc2cc(C(F)(F)F)ccn2)cc(F)c1-c1nc([C@@H]2CC[C@@H]3N(C2)C(=O)C2(CC2)C3(F)F)n2ccnc(N)c12. The number of pyridine rings is 1. The molecule has 2 amide bonds. The third kappa shape index (κ3) is 4.36. The van der Waals surface area contributed by atoms with E-state index in [1.165, 1.54) is 24.3 Å². The van der Waals surface area contributed by atoms with Gasteiger partial charge in [0.15, 0.2) is 0 Å². The minimum Gasteiger partial charge on any atom is -0.496 e. The Morgan fingerprint density at radius 2 is 1.89 bits per heavy atom. The van der Waals surface area contributed by atoms with Gasteiger partial charge in [-0.3, -0.25) is 14.0 Å². The molecule has 1 spiro atoms. The first kappa shape index (κ1) is 29.8. The number of anilines is 2. The van der Waals surface area contributed by atoms with Gasteiger partial charge in [0.05, 0.1) is 24.3 Å². The Morgan fingerprint density at radius 1 is 1.13 bits per heavy atom. The molecule has 16 heteroatoms. The number of fused-ring (bicyclic) bond motifs is 2. The number of nitrogen functional groups attached to an aromatic ring is 1. The molecule has 4 aromatic rings. The quantitative estimate of drug-likeness (QED) is 0.282. The molecule has 1 saturated carbocycles. The van der Waals surface area contributed by atoms with Gasteiger partial charge in [0.2, 0.25) is 5.91 Å². The van der Waals surface area contributed by atoms with Crippen molar-refractivity contribution in [3.05, 3.63) is 65.6 Å². The Kier molecular flexibility index (Phi) is 6.51. The number of hydrogen-bond donors (Lipinski definition) is 2. The van der Waals surface area contributed by atoms with Crippen LogP contribution in [0.5, 0.6) is 5.75 Å². The van der Waals surface area contributed by atoms with Crippen LogP contribution in [0.25, 0.3) is 16.8 Å². The number of alkyl halides is 5. The molecule has 10 nitrogen and oxygen atoms in total. The van der Waals surface area contributed by atoms with E-state index in [0.717, 1.165) is 18.3 Å². The normalized spacial score (nSPS) is 21.5. The number of amides is 2. The molecule has 46 heavy (non-hydrogen) atoms. The van der Waals surface area contributed by atoms with Crippen molar-refractivity contribution in [2.24, 2.45) is 5.41 Å². The Hall–Kier alpha value is -4.89. The number of halogens is 6. The average Bonchev–Trinajstić information content (AvgIpc) is 3.73. The largest absolute Gasteiger partial charge is 0.496 e. The van der Waals surface area contributed by atoms with Crippen LogP contribution in [-0.2, 0) is 11.0 Å². The van der Waals surface area contributed by atoms with E-state index in [4.69, 9.17) is 15.5 Å². The Morgan fingerprint density at radius 3 is 2.59 bits per heavy atom. The molecule has 2 saturated heterocycles. The van der Waals surface area contributed by atoms with Crippen LogP contribution in [0.1, 0.15) is 53.3 Å². The van der Waals surface area contributed by atoms with Gasteiger partial charge in [0, 0.05) is 36.6 Å². The van der Waals surface area contributed by atoms with Crippen LogP contribution in [0.3, 0.4) is 0 Å². The summed E-state index contributed by atoms with van der Waals surface area (Å²) in [6, 6.07) is 2.24. The molecule has 240 valence electrons. The van der Waals surface area contributed by atoms with E-state index < -0.39 is 58.5 Å². The minimum atomic E-state index is -4.67. The van der Waals surface area contributed by atoms with Gasteiger partial charge in [-0.2, -0.15) is 13.2 Å². The van der Waals surface area contributed by atoms with Crippen LogP contribution < -0.4 is 15.8 Å². The van der Waals surface area contributed by atoms with Crippen molar-refractivity contribution in [2.45, 2.75) is 49.7 Å². The van der Waals surface area contributed by atoms with Crippen molar-refractivity contribution in [1.29, 1.82) is 0 Å². The standard InChI is InChI=1S/C30H25F6N7O3/c1-46-18-11-15(26(44)40-20-12-16(4-7-38-20)30(34,35)36)10-17(31)21(18)22-23-24(37)39-8-9-42(23)25(41-22)14-2-3-19-29(32,33)28(5-6-28)27(45)43(19)13-14/h4,7-12,14,19H,2-3,5-6,13H2,1H3,(H2,37,39)(H,38,40,44)/t14-,19+/m1/s1. The number of nitrogens with zero attached hydrogens (tertiary/aromatic N) is 5. The monoisotopic (exact) mass is 645 g/mol. The van der Waals surface area contributed by atoms with Gasteiger partial charge >= 0.3 is 6.18 Å². The first-order chi connectivity index (χ1) is 21.8. The number of benzene rings is 1. The number of ether oxygens (including phenoxy) is 1. The molecule has 2 atom stereocenters. The zero-order valence-corrected chi connectivity index (χ0v) is 24.0. The molecule has 2 aliphatic heterocycles. The first-order valence-electron chi connectivity index (χ1n) is 14.3. The van der Waals surface area contributed by atoms with Crippen LogP contribution in [0.2, 0.25) is 0 Å². The summed E-state index contributed by atoms with van der Waals surface area (Å²) in [7, 11) is 1.23. The number of nitrogens with one attached hydrogen (secondary N) is 1. The number of carbonyl (C=O) groups excluding carboxylic acids is 2. The van der Waals surface area contributed by atoms with Crippen molar-refractivity contribution < 1.29 is 40.7 Å². The number of nitrogens with two attached hydrogens (primary N) is 1. The highest BCUT2D eigenvalue weighted by atomic mass is 19.4. The van der Waals surface area contributed by atoms with Crippen molar-refractivity contribution in [3.63, 3.8) is 0 Å². The summed E-state index contributed by atoms with van der Waals surface area (Å²) in [6.07, 6.45) is -0.208. The summed E-state index contributed by atoms with van der Waals surface area (Å²) < 4.78 is 92.7. The molecular formula is C30H25F6N7O3. The summed E-state index contributed by atoms with van der Waals surface area (Å²) in [5.74, 6) is -6.31. The lowest BCUT2D eigenvalue weighted by Gasteiger charge is -2.36. The summed E-state index contributed by atoms with van der Waals surface area (Å²) in [5, 5.41) is 2.22. The van der Waals surface area contributed by atoms with Gasteiger partial charge in [0.1, 0.15) is 45.7 Å². The molecule has 1 aliphatic carbocycles. The summed E-state index contributed by atoms with van der Waals surface area (Å²) in [4.78, 5) is 39.8. The molecule has 3 N–H and O–H groups in total. The van der Waals surface area contributed by atoms with E-state index in [1.807, 2.05) is 0 Å². The van der Waals surface area contributed by atoms with Crippen LogP contribution >= 0.6 is 0 Å². The molecule has 0 bridgehead atoms. The molecule has 3 aliphatic rings. The number of piperidine rings is 1. The zero-order chi connectivity index (χ0) is 32.8. The number of rotatable bonds is 5. The highest BCUT2D eigenvalue weighted by molar-refractivity contribution is 6.05. The van der Waals surface area contributed by atoms with Crippen LogP contribution in [-0.4, -0.2) is 61.7 Å². The van der Waals surface area contributed by atoms with Gasteiger partial charge < -0.3 is 20.7 Å². The molecular weight excluding hydrogens is 620 g/mol. The first-order valence-corrected chi connectivity index (χ1v) is 14.3. The third-order valence-corrected chi connectivity index (χ3v) is 9.14. The summed E-state index contributed by atoms with van der Waals surface area (Å²) >= 11 is 0. The van der Waals surface area contributed by atoms with Gasteiger partial charge in [-0.25, -0.2) is 28.1 Å². The maximum atomic E-state index is 15.9. The lowest BCUT2D eigenvalue weighted by molar-refractivity contribution is -0.138. The van der Waals surface area contributed by atoms with Crippen molar-refractivity contribution in [1.82, 2.24) is 24.3 Å². The zero-order valence-electron chi connectivity index (χ0n) is 24.0. The molecule has 0 radical (unpaired) electrons. The van der Waals surface area contributed by atoms with E-state index in [2.05, 4.69) is 15.3 Å². The molecule has 1 aromatic carbocycles. The molecule has 7 rings (SSSR count). The number of aromatic nitrogens is 4. The molecule has 0 unspecified atom stereocenters. The lowest BCUT2D eigenvalue weighted by Crippen LogP contribution is -2.46. The van der Waals surface area contributed by atoms with Crippen LogP contribution in [0.4, 0.5) is 38.0 Å². The topological polar surface area (TPSA) is 128 Å². The maximum Gasteiger partial charge on any atom is 0.416 e. The minimum absolute atomic E-state index is 0.000295. The average molecular weight is 646 g/mol. The van der Waals surface area contributed by atoms with Crippen molar-refractivity contribution in [2.75, 3.05) is 24.7 Å². The van der Waals surface area contributed by atoms with E-state index in [9.17, 15) is 22.8 Å². The molecule has 5 heterocycles. The third-order valence-electron chi connectivity index (χ3n) is 9.14. The van der Waals surface area contributed by atoms with Gasteiger partial charge in [-0.05, 0) is 49.9 Å². The van der Waals surface area contributed by atoms with Crippen LogP contribution in [0, 0.1) is 11.2 Å². The summed E-state index contributed by atoms with van der Waals surface area (Å²) in [6.45, 7) is -0.01000. The summed E-state index contributed by atoms with van der Waals surface area (Å²) in [5.41, 5.74) is 3.29. The van der Waals surface area contributed by atoms with Gasteiger partial charge in [0.25, 0.3) is 11.8 Å². The predicted octanol–water partition coefficient (Wildman–Crippen LogP) is 5.30. The Bertz CT molecular complexity index is 1920.